The second kappa shape index (κ2) is 8.74. The molecule has 0 spiro atoms. The molecule has 1 amide bonds. The molecule has 4 aromatic rings. The molecule has 4 rings (SSSR count). The van der Waals surface area contributed by atoms with Crippen LogP contribution in [0.4, 0.5) is 0 Å². The van der Waals surface area contributed by atoms with Crippen LogP contribution >= 0.6 is 22.7 Å². The van der Waals surface area contributed by atoms with Crippen LogP contribution in [0.15, 0.2) is 51.4 Å². The summed E-state index contributed by atoms with van der Waals surface area (Å²) in [5, 5.41) is 14.0. The number of amides is 1. The summed E-state index contributed by atoms with van der Waals surface area (Å²) in [6, 6.07) is 9.78. The zero-order valence-electron chi connectivity index (χ0n) is 16.7. The van der Waals surface area contributed by atoms with Crippen molar-refractivity contribution in [1.82, 2.24) is 29.9 Å². The van der Waals surface area contributed by atoms with Crippen molar-refractivity contribution < 1.29 is 4.79 Å². The van der Waals surface area contributed by atoms with Crippen LogP contribution in [0, 0.1) is 6.92 Å². The Bertz CT molecular complexity index is 1350. The highest BCUT2D eigenvalue weighted by Crippen LogP contribution is 2.35. The number of aromatic nitrogens is 5. The molecule has 0 aromatic carbocycles. The highest BCUT2D eigenvalue weighted by atomic mass is 32.1. The molecule has 4 aromatic heterocycles. The number of carbonyl (C=O) groups excluding carboxylic acids is 1. The maximum Gasteiger partial charge on any atom is 0.271 e. The predicted molar refractivity (Wildman–Crippen MR) is 119 cm³/mol. The number of carbonyl (C=O) groups is 1. The zero-order chi connectivity index (χ0) is 22.0. The van der Waals surface area contributed by atoms with Gasteiger partial charge in [0.25, 0.3) is 17.0 Å². The van der Waals surface area contributed by atoms with Crippen LogP contribution in [0.5, 0.6) is 0 Å². The molecule has 11 heteroatoms. The maximum atomic E-state index is 12.2. The summed E-state index contributed by atoms with van der Waals surface area (Å²) < 4.78 is 2.40. The molecule has 0 aliphatic heterocycles. The second-order valence-corrected chi connectivity index (χ2v) is 8.57. The van der Waals surface area contributed by atoms with Crippen LogP contribution < -0.4 is 16.4 Å². The van der Waals surface area contributed by atoms with Crippen molar-refractivity contribution in [2.45, 2.75) is 13.5 Å². The molecule has 31 heavy (non-hydrogen) atoms. The third-order valence-corrected chi connectivity index (χ3v) is 6.65. The predicted octanol–water partition coefficient (Wildman–Crippen LogP) is 1.93. The molecule has 0 aliphatic carbocycles. The molecule has 1 N–H and O–H groups in total. The van der Waals surface area contributed by atoms with E-state index in [1.807, 2.05) is 24.4 Å². The Morgan fingerprint density at radius 3 is 2.65 bits per heavy atom. The summed E-state index contributed by atoms with van der Waals surface area (Å²) in [4.78, 5) is 42.5. The van der Waals surface area contributed by atoms with Crippen LogP contribution in [0.2, 0.25) is 0 Å². The Hall–Kier alpha value is -3.44. The number of thiazole rings is 1. The van der Waals surface area contributed by atoms with Gasteiger partial charge in [0.1, 0.15) is 16.4 Å². The lowest BCUT2D eigenvalue weighted by molar-refractivity contribution is 0.0944. The Labute approximate surface area is 184 Å². The van der Waals surface area contributed by atoms with Gasteiger partial charge in [-0.25, -0.2) is 14.3 Å². The van der Waals surface area contributed by atoms with E-state index in [0.29, 0.717) is 5.69 Å². The van der Waals surface area contributed by atoms with Gasteiger partial charge in [0.05, 0.1) is 22.0 Å². The smallest absolute Gasteiger partial charge is 0.271 e. The van der Waals surface area contributed by atoms with Gasteiger partial charge in [-0.3, -0.25) is 14.4 Å². The lowest BCUT2D eigenvalue weighted by atomic mass is 10.3. The van der Waals surface area contributed by atoms with Gasteiger partial charge in [-0.15, -0.1) is 22.7 Å². The van der Waals surface area contributed by atoms with E-state index in [1.54, 1.807) is 17.4 Å². The van der Waals surface area contributed by atoms with E-state index in [-0.39, 0.29) is 29.9 Å². The topological polar surface area (TPSA) is 112 Å². The van der Waals surface area contributed by atoms with Crippen LogP contribution in [0.1, 0.15) is 16.2 Å². The Kier molecular flexibility index (Phi) is 5.87. The van der Waals surface area contributed by atoms with Crippen molar-refractivity contribution in [1.29, 1.82) is 0 Å². The van der Waals surface area contributed by atoms with Gasteiger partial charge in [-0.1, -0.05) is 6.07 Å². The Morgan fingerprint density at radius 1 is 1.10 bits per heavy atom. The van der Waals surface area contributed by atoms with E-state index in [1.165, 1.54) is 41.3 Å². The normalized spacial score (nSPS) is 10.9. The monoisotopic (exact) mass is 454 g/mol. The Morgan fingerprint density at radius 2 is 1.90 bits per heavy atom. The maximum absolute atomic E-state index is 12.2. The van der Waals surface area contributed by atoms with Crippen molar-refractivity contribution in [2.75, 3.05) is 6.54 Å². The van der Waals surface area contributed by atoms with E-state index in [2.05, 4.69) is 20.5 Å². The molecule has 0 fully saturated rings. The van der Waals surface area contributed by atoms with E-state index in [0.717, 1.165) is 25.1 Å². The Balaban J connectivity index is 1.48. The highest BCUT2D eigenvalue weighted by Gasteiger charge is 2.14. The van der Waals surface area contributed by atoms with Crippen molar-refractivity contribution >= 4 is 28.6 Å². The molecule has 158 valence electrons. The number of hydrogen-bond acceptors (Lipinski definition) is 8. The van der Waals surface area contributed by atoms with Gasteiger partial charge in [-0.05, 0) is 30.5 Å². The average Bonchev–Trinajstić information content (AvgIpc) is 3.41. The minimum atomic E-state index is -0.432. The fraction of sp³-hybridized carbons (Fsp3) is 0.200. The summed E-state index contributed by atoms with van der Waals surface area (Å²) in [7, 11) is 1.47. The van der Waals surface area contributed by atoms with Gasteiger partial charge in [0.15, 0.2) is 0 Å². The van der Waals surface area contributed by atoms with Gasteiger partial charge >= 0.3 is 0 Å². The molecular formula is C20H18N6O3S2. The number of aryl methyl sites for hydroxylation is 2. The summed E-state index contributed by atoms with van der Waals surface area (Å²) in [5.74, 6) is -0.432. The fourth-order valence-corrected chi connectivity index (χ4v) is 4.69. The molecule has 4 heterocycles. The molecule has 0 saturated heterocycles. The van der Waals surface area contributed by atoms with E-state index >= 15 is 0 Å². The van der Waals surface area contributed by atoms with Gasteiger partial charge in [0, 0.05) is 25.7 Å². The van der Waals surface area contributed by atoms with Gasteiger partial charge in [-0.2, -0.15) is 10.2 Å². The van der Waals surface area contributed by atoms with Crippen LogP contribution in [-0.4, -0.2) is 37.0 Å². The van der Waals surface area contributed by atoms with Crippen molar-refractivity contribution in [2.24, 2.45) is 7.05 Å². The van der Waals surface area contributed by atoms with Crippen LogP contribution in [0.25, 0.3) is 20.5 Å². The summed E-state index contributed by atoms with van der Waals surface area (Å²) in [5.41, 5.74) is 1.06. The SMILES string of the molecule is Cc1nc(-c2cccs2)sc1-c1ccc(=O)n(CCNC(=O)c2ccc(=O)n(C)n2)n1. The van der Waals surface area contributed by atoms with E-state index in [9.17, 15) is 14.4 Å². The molecule has 0 aliphatic rings. The quantitative estimate of drug-likeness (QED) is 0.476. The summed E-state index contributed by atoms with van der Waals surface area (Å²) in [6.45, 7) is 2.29. The first-order chi connectivity index (χ1) is 14.9. The number of nitrogens with zero attached hydrogens (tertiary/aromatic N) is 5. The minimum absolute atomic E-state index is 0.123. The first-order valence-electron chi connectivity index (χ1n) is 9.35. The second-order valence-electron chi connectivity index (χ2n) is 6.63. The minimum Gasteiger partial charge on any atom is -0.349 e. The molecular weight excluding hydrogens is 436 g/mol. The fourth-order valence-electron chi connectivity index (χ4n) is 2.86. The standard InChI is InChI=1S/C20H18N6O3S2/c1-12-18(31-20(22-12)15-4-3-11-30-15)13-5-8-17(28)26(24-13)10-9-21-19(29)14-6-7-16(27)25(2)23-14/h3-8,11H,9-10H2,1-2H3,(H,21,29). The number of nitrogens with one attached hydrogen (secondary N) is 1. The van der Waals surface area contributed by atoms with Crippen molar-refractivity contribution in [3.8, 4) is 20.5 Å². The van der Waals surface area contributed by atoms with Gasteiger partial charge < -0.3 is 5.32 Å². The molecule has 0 radical (unpaired) electrons. The molecule has 0 unspecified atom stereocenters. The van der Waals surface area contributed by atoms with Crippen molar-refractivity contribution in [3.63, 3.8) is 0 Å². The first-order valence-corrected chi connectivity index (χ1v) is 11.0. The molecule has 9 nitrogen and oxygen atoms in total. The van der Waals surface area contributed by atoms with Crippen LogP contribution in [-0.2, 0) is 13.6 Å². The molecule has 0 atom stereocenters. The number of thiophene rings is 1. The molecule has 0 saturated carbocycles. The van der Waals surface area contributed by atoms with E-state index < -0.39 is 5.91 Å². The third kappa shape index (κ3) is 4.52. The number of hydrogen-bond donors (Lipinski definition) is 1. The highest BCUT2D eigenvalue weighted by molar-refractivity contribution is 7.23. The largest absolute Gasteiger partial charge is 0.349 e. The van der Waals surface area contributed by atoms with Crippen LogP contribution in [0.3, 0.4) is 0 Å². The summed E-state index contributed by atoms with van der Waals surface area (Å²) >= 11 is 3.15. The summed E-state index contributed by atoms with van der Waals surface area (Å²) in [6.07, 6.45) is 0. The lowest BCUT2D eigenvalue weighted by Crippen LogP contribution is -2.33. The average molecular weight is 455 g/mol. The third-order valence-electron chi connectivity index (χ3n) is 4.43. The molecule has 0 bridgehead atoms. The number of rotatable bonds is 6. The van der Waals surface area contributed by atoms with Crippen molar-refractivity contribution in [3.05, 3.63) is 73.9 Å². The lowest BCUT2D eigenvalue weighted by Gasteiger charge is -2.08. The van der Waals surface area contributed by atoms with E-state index in [4.69, 9.17) is 0 Å². The van der Waals surface area contributed by atoms with Gasteiger partial charge in [0.2, 0.25) is 0 Å². The zero-order valence-corrected chi connectivity index (χ0v) is 18.4. The first kappa shape index (κ1) is 20.8.